The number of halogens is 1. The van der Waals surface area contributed by atoms with E-state index in [2.05, 4.69) is 0 Å². The number of hydrogen-bond acceptors (Lipinski definition) is 2. The molecule has 0 unspecified atom stereocenters. The van der Waals surface area contributed by atoms with E-state index in [1.807, 2.05) is 31.2 Å². The highest BCUT2D eigenvalue weighted by Crippen LogP contribution is 2.32. The van der Waals surface area contributed by atoms with Crippen LogP contribution in [0.25, 0.3) is 0 Å². The van der Waals surface area contributed by atoms with Crippen LogP contribution in [0.2, 0.25) is 5.02 Å². The van der Waals surface area contributed by atoms with E-state index >= 15 is 0 Å². The Kier molecular flexibility index (Phi) is 3.45. The van der Waals surface area contributed by atoms with E-state index in [1.165, 1.54) is 0 Å². The van der Waals surface area contributed by atoms with Crippen molar-refractivity contribution in [1.29, 1.82) is 0 Å². The van der Waals surface area contributed by atoms with Gasteiger partial charge in [-0.2, -0.15) is 0 Å². The van der Waals surface area contributed by atoms with Crippen molar-refractivity contribution in [2.45, 2.75) is 6.92 Å². The zero-order chi connectivity index (χ0) is 12.3. The third kappa shape index (κ3) is 2.66. The fourth-order valence-corrected chi connectivity index (χ4v) is 1.74. The van der Waals surface area contributed by atoms with Crippen LogP contribution in [0, 0.1) is 6.92 Å². The van der Waals surface area contributed by atoms with E-state index in [-0.39, 0.29) is 0 Å². The summed E-state index contributed by atoms with van der Waals surface area (Å²) >= 11 is 6.01. The highest BCUT2D eigenvalue weighted by atomic mass is 35.5. The van der Waals surface area contributed by atoms with Crippen molar-refractivity contribution in [2.75, 3.05) is 0 Å². The van der Waals surface area contributed by atoms with Gasteiger partial charge in [-0.1, -0.05) is 29.8 Å². The van der Waals surface area contributed by atoms with Crippen molar-refractivity contribution in [3.63, 3.8) is 0 Å². The molecule has 0 aliphatic carbocycles. The lowest BCUT2D eigenvalue weighted by molar-refractivity contribution is 0.112. The van der Waals surface area contributed by atoms with E-state index in [0.717, 1.165) is 11.8 Å². The third-order valence-electron chi connectivity index (χ3n) is 2.33. The fraction of sp³-hybridized carbons (Fsp3) is 0.0714. The molecule has 17 heavy (non-hydrogen) atoms. The SMILES string of the molecule is Cc1cccc(Oc2c(Cl)cccc2C=O)c1. The first-order chi connectivity index (χ1) is 8.20. The zero-order valence-corrected chi connectivity index (χ0v) is 10.1. The minimum absolute atomic E-state index is 0.398. The molecule has 0 heterocycles. The number of aldehydes is 1. The molecule has 86 valence electrons. The van der Waals surface area contributed by atoms with Gasteiger partial charge in [0.1, 0.15) is 5.75 Å². The maximum absolute atomic E-state index is 10.9. The minimum atomic E-state index is 0.398. The Balaban J connectivity index is 2.39. The third-order valence-corrected chi connectivity index (χ3v) is 2.63. The van der Waals surface area contributed by atoms with Crippen LogP contribution in [-0.4, -0.2) is 6.29 Å². The Bertz CT molecular complexity index is 550. The molecule has 0 fully saturated rings. The van der Waals surface area contributed by atoms with E-state index in [1.54, 1.807) is 18.2 Å². The summed E-state index contributed by atoms with van der Waals surface area (Å²) in [7, 11) is 0. The first-order valence-corrected chi connectivity index (χ1v) is 5.56. The number of aryl methyl sites for hydroxylation is 1. The lowest BCUT2D eigenvalue weighted by atomic mass is 10.2. The van der Waals surface area contributed by atoms with Crippen molar-refractivity contribution < 1.29 is 9.53 Å². The molecule has 2 rings (SSSR count). The van der Waals surface area contributed by atoms with Gasteiger partial charge in [0.25, 0.3) is 0 Å². The number of benzene rings is 2. The van der Waals surface area contributed by atoms with Crippen molar-refractivity contribution in [3.05, 3.63) is 58.6 Å². The number of ether oxygens (including phenoxy) is 1. The molecule has 0 spiro atoms. The largest absolute Gasteiger partial charge is 0.455 e. The molecule has 0 radical (unpaired) electrons. The van der Waals surface area contributed by atoms with Gasteiger partial charge in [-0.25, -0.2) is 0 Å². The number of carbonyl (C=O) groups excluding carboxylic acids is 1. The molecule has 2 nitrogen and oxygen atoms in total. The topological polar surface area (TPSA) is 26.3 Å². The Morgan fingerprint density at radius 1 is 1.18 bits per heavy atom. The normalized spacial score (nSPS) is 10.0. The van der Waals surface area contributed by atoms with Gasteiger partial charge in [-0.3, -0.25) is 4.79 Å². The van der Waals surface area contributed by atoms with Gasteiger partial charge in [0.15, 0.2) is 12.0 Å². The van der Waals surface area contributed by atoms with E-state index in [4.69, 9.17) is 16.3 Å². The summed E-state index contributed by atoms with van der Waals surface area (Å²) in [4.78, 5) is 10.9. The van der Waals surface area contributed by atoms with Crippen molar-refractivity contribution in [2.24, 2.45) is 0 Å². The molecule has 0 saturated heterocycles. The molecule has 2 aromatic rings. The molecule has 0 N–H and O–H groups in total. The van der Waals surface area contributed by atoms with Gasteiger partial charge in [0.2, 0.25) is 0 Å². The van der Waals surface area contributed by atoms with Crippen LogP contribution >= 0.6 is 11.6 Å². The molecule has 2 aromatic carbocycles. The molecule has 0 amide bonds. The van der Waals surface area contributed by atoms with Gasteiger partial charge in [-0.15, -0.1) is 0 Å². The lowest BCUT2D eigenvalue weighted by Gasteiger charge is -2.10. The maximum atomic E-state index is 10.9. The summed E-state index contributed by atoms with van der Waals surface area (Å²) < 4.78 is 5.65. The van der Waals surface area contributed by atoms with Crippen molar-refractivity contribution in [3.8, 4) is 11.5 Å². The zero-order valence-electron chi connectivity index (χ0n) is 9.31. The number of hydrogen-bond donors (Lipinski definition) is 0. The molecule has 0 saturated carbocycles. The van der Waals surface area contributed by atoms with Gasteiger partial charge in [-0.05, 0) is 36.8 Å². The molecule has 0 atom stereocenters. The maximum Gasteiger partial charge on any atom is 0.156 e. The smallest absolute Gasteiger partial charge is 0.156 e. The van der Waals surface area contributed by atoms with Crippen LogP contribution in [0.3, 0.4) is 0 Å². The standard InChI is InChI=1S/C14H11ClO2/c1-10-4-2-6-12(8-10)17-14-11(9-16)5-3-7-13(14)15/h2-9H,1H3. The van der Waals surface area contributed by atoms with Crippen LogP contribution in [0.15, 0.2) is 42.5 Å². The van der Waals surface area contributed by atoms with Crippen LogP contribution in [0.5, 0.6) is 11.5 Å². The summed E-state index contributed by atoms with van der Waals surface area (Å²) in [6.07, 6.45) is 0.733. The van der Waals surface area contributed by atoms with Crippen molar-refractivity contribution >= 4 is 17.9 Å². The van der Waals surface area contributed by atoms with Crippen LogP contribution < -0.4 is 4.74 Å². The second-order valence-electron chi connectivity index (χ2n) is 3.69. The second kappa shape index (κ2) is 5.02. The first kappa shape index (κ1) is 11.7. The van der Waals surface area contributed by atoms with E-state index in [9.17, 15) is 4.79 Å². The average molecular weight is 247 g/mol. The number of carbonyl (C=O) groups is 1. The van der Waals surface area contributed by atoms with Crippen LogP contribution in [0.4, 0.5) is 0 Å². The monoisotopic (exact) mass is 246 g/mol. The molecular weight excluding hydrogens is 236 g/mol. The second-order valence-corrected chi connectivity index (χ2v) is 4.10. The van der Waals surface area contributed by atoms with E-state index in [0.29, 0.717) is 22.1 Å². The Morgan fingerprint density at radius 2 is 1.94 bits per heavy atom. The molecule has 3 heteroatoms. The molecular formula is C14H11ClO2. The molecule has 0 aromatic heterocycles. The molecule has 0 bridgehead atoms. The number of rotatable bonds is 3. The Hall–Kier alpha value is -1.80. The fourth-order valence-electron chi connectivity index (χ4n) is 1.52. The van der Waals surface area contributed by atoms with Gasteiger partial charge in [0, 0.05) is 0 Å². The summed E-state index contributed by atoms with van der Waals surface area (Å²) in [6.45, 7) is 1.97. The highest BCUT2D eigenvalue weighted by molar-refractivity contribution is 6.32. The Labute approximate surface area is 105 Å². The summed E-state index contributed by atoms with van der Waals surface area (Å²) in [6, 6.07) is 12.7. The Morgan fingerprint density at radius 3 is 2.65 bits per heavy atom. The summed E-state index contributed by atoms with van der Waals surface area (Å²) in [5.74, 6) is 1.07. The van der Waals surface area contributed by atoms with E-state index < -0.39 is 0 Å². The number of para-hydroxylation sites is 1. The summed E-state index contributed by atoms with van der Waals surface area (Å²) in [5, 5.41) is 0.427. The molecule has 0 aliphatic rings. The first-order valence-electron chi connectivity index (χ1n) is 5.19. The van der Waals surface area contributed by atoms with Crippen LogP contribution in [0.1, 0.15) is 15.9 Å². The minimum Gasteiger partial charge on any atom is -0.455 e. The summed E-state index contributed by atoms with van der Waals surface area (Å²) in [5.41, 5.74) is 1.53. The van der Waals surface area contributed by atoms with Gasteiger partial charge in [0.05, 0.1) is 10.6 Å². The highest BCUT2D eigenvalue weighted by Gasteiger charge is 2.08. The van der Waals surface area contributed by atoms with Crippen molar-refractivity contribution in [1.82, 2.24) is 0 Å². The van der Waals surface area contributed by atoms with Gasteiger partial charge >= 0.3 is 0 Å². The predicted octanol–water partition coefficient (Wildman–Crippen LogP) is 4.25. The quantitative estimate of drug-likeness (QED) is 0.757. The van der Waals surface area contributed by atoms with Gasteiger partial charge < -0.3 is 4.74 Å². The van der Waals surface area contributed by atoms with Crippen LogP contribution in [-0.2, 0) is 0 Å². The predicted molar refractivity (Wildman–Crippen MR) is 68.1 cm³/mol. The lowest BCUT2D eigenvalue weighted by Crippen LogP contribution is -1.91. The molecule has 0 aliphatic heterocycles. The average Bonchev–Trinajstić information content (AvgIpc) is 2.32.